The quantitative estimate of drug-likeness (QED) is 0.574. The van der Waals surface area contributed by atoms with Crippen molar-refractivity contribution in [2.45, 2.75) is 59.5 Å². The van der Waals surface area contributed by atoms with Crippen molar-refractivity contribution < 1.29 is 28.6 Å². The molecule has 0 amide bonds. The molecule has 0 aliphatic heterocycles. The van der Waals surface area contributed by atoms with Crippen molar-refractivity contribution in [2.75, 3.05) is 6.61 Å². The molecule has 0 saturated heterocycles. The van der Waals surface area contributed by atoms with Gasteiger partial charge in [-0.2, -0.15) is 0 Å². The zero-order valence-electron chi connectivity index (χ0n) is 13.4. The average Bonchev–Trinajstić information content (AvgIpc) is 3.04. The molecule has 0 spiro atoms. The summed E-state index contributed by atoms with van der Waals surface area (Å²) in [4.78, 5) is 35.1. The van der Waals surface area contributed by atoms with Gasteiger partial charge in [0, 0.05) is 0 Å². The van der Waals surface area contributed by atoms with Crippen molar-refractivity contribution in [1.82, 2.24) is 0 Å². The van der Waals surface area contributed by atoms with Gasteiger partial charge in [0.1, 0.15) is 5.60 Å². The van der Waals surface area contributed by atoms with Crippen molar-refractivity contribution in [3.63, 3.8) is 0 Å². The molecular formula is C15H24O6. The first-order valence-electron chi connectivity index (χ1n) is 7.15. The summed E-state index contributed by atoms with van der Waals surface area (Å²) in [6, 6.07) is 0. The van der Waals surface area contributed by atoms with E-state index in [2.05, 4.69) is 4.74 Å². The molecule has 0 atom stereocenters. The summed E-state index contributed by atoms with van der Waals surface area (Å²) in [5.74, 6) is -1.01. The Morgan fingerprint density at radius 2 is 1.71 bits per heavy atom. The first kappa shape index (κ1) is 17.5. The van der Waals surface area contributed by atoms with Gasteiger partial charge in [-0.05, 0) is 39.5 Å². The van der Waals surface area contributed by atoms with Crippen LogP contribution in [0.4, 0.5) is 4.79 Å². The molecule has 0 aromatic heterocycles. The summed E-state index contributed by atoms with van der Waals surface area (Å²) in [6.07, 6.45) is -0.0461. The maximum absolute atomic E-state index is 12.0. The van der Waals surface area contributed by atoms with Gasteiger partial charge in [-0.3, -0.25) is 9.59 Å². The van der Waals surface area contributed by atoms with E-state index in [4.69, 9.17) is 9.47 Å². The minimum absolute atomic E-state index is 0.0689. The van der Waals surface area contributed by atoms with Crippen molar-refractivity contribution in [1.29, 1.82) is 0 Å². The van der Waals surface area contributed by atoms with E-state index in [1.165, 1.54) is 0 Å². The Morgan fingerprint density at radius 1 is 1.14 bits per heavy atom. The maximum Gasteiger partial charge on any atom is 0.516 e. The average molecular weight is 300 g/mol. The van der Waals surface area contributed by atoms with Gasteiger partial charge in [0.2, 0.25) is 0 Å². The highest BCUT2D eigenvalue weighted by atomic mass is 16.7. The van der Waals surface area contributed by atoms with Crippen molar-refractivity contribution in [3.8, 4) is 0 Å². The number of rotatable bonds is 5. The minimum atomic E-state index is -1.01. The molecule has 6 heteroatoms. The van der Waals surface area contributed by atoms with E-state index < -0.39 is 29.1 Å². The second-order valence-electron chi connectivity index (χ2n) is 6.89. The number of hydrogen-bond donors (Lipinski definition) is 0. The Bertz CT molecular complexity index is 414. The van der Waals surface area contributed by atoms with Crippen LogP contribution in [0.15, 0.2) is 0 Å². The highest BCUT2D eigenvalue weighted by Gasteiger charge is 2.54. The maximum atomic E-state index is 12.0. The smallest absolute Gasteiger partial charge is 0.460 e. The zero-order chi connectivity index (χ0) is 16.3. The van der Waals surface area contributed by atoms with Crippen LogP contribution < -0.4 is 0 Å². The SMILES string of the molecule is CC(C)COC(=O)OC(=O)C1(CC(=O)OC(C)(C)C)CC1. The van der Waals surface area contributed by atoms with E-state index in [0.717, 1.165) is 0 Å². The van der Waals surface area contributed by atoms with Crippen LogP contribution in [-0.4, -0.2) is 30.3 Å². The Labute approximate surface area is 125 Å². The fraction of sp³-hybridized carbons (Fsp3) is 0.800. The van der Waals surface area contributed by atoms with Gasteiger partial charge in [0.25, 0.3) is 0 Å². The molecule has 120 valence electrons. The van der Waals surface area contributed by atoms with Crippen LogP contribution in [0.3, 0.4) is 0 Å². The second kappa shape index (κ2) is 6.45. The van der Waals surface area contributed by atoms with Gasteiger partial charge in [-0.1, -0.05) is 13.8 Å². The van der Waals surface area contributed by atoms with E-state index >= 15 is 0 Å². The Morgan fingerprint density at radius 3 is 2.14 bits per heavy atom. The molecule has 1 saturated carbocycles. The van der Waals surface area contributed by atoms with Crippen molar-refractivity contribution in [3.05, 3.63) is 0 Å². The minimum Gasteiger partial charge on any atom is -0.460 e. The molecule has 0 N–H and O–H groups in total. The molecule has 0 heterocycles. The number of esters is 2. The molecule has 0 bridgehead atoms. The normalized spacial score (nSPS) is 16.3. The van der Waals surface area contributed by atoms with Crippen LogP contribution >= 0.6 is 0 Å². The predicted octanol–water partition coefficient (Wildman–Crippen LogP) is 2.83. The lowest BCUT2D eigenvalue weighted by molar-refractivity contribution is -0.161. The van der Waals surface area contributed by atoms with E-state index in [1.54, 1.807) is 20.8 Å². The lowest BCUT2D eigenvalue weighted by Gasteiger charge is -2.21. The molecule has 6 nitrogen and oxygen atoms in total. The van der Waals surface area contributed by atoms with Gasteiger partial charge in [-0.25, -0.2) is 4.79 Å². The van der Waals surface area contributed by atoms with Crippen molar-refractivity contribution >= 4 is 18.1 Å². The van der Waals surface area contributed by atoms with Gasteiger partial charge in [-0.15, -0.1) is 0 Å². The first-order valence-corrected chi connectivity index (χ1v) is 7.15. The fourth-order valence-electron chi connectivity index (χ4n) is 1.71. The molecule has 1 fully saturated rings. The van der Waals surface area contributed by atoms with Crippen LogP contribution in [0.2, 0.25) is 0 Å². The standard InChI is InChI=1S/C15H24O6/c1-10(2)9-19-13(18)20-12(17)15(6-7-15)8-11(16)21-14(3,4)5/h10H,6-9H2,1-5H3. The molecule has 1 aliphatic carbocycles. The predicted molar refractivity (Wildman–Crippen MR) is 74.4 cm³/mol. The van der Waals surface area contributed by atoms with Gasteiger partial charge >= 0.3 is 18.1 Å². The zero-order valence-corrected chi connectivity index (χ0v) is 13.4. The summed E-state index contributed by atoms with van der Waals surface area (Å²) in [6.45, 7) is 9.20. The number of ether oxygens (including phenoxy) is 3. The largest absolute Gasteiger partial charge is 0.516 e. The highest BCUT2D eigenvalue weighted by Crippen LogP contribution is 2.50. The lowest BCUT2D eigenvalue weighted by Crippen LogP contribution is -2.30. The Hall–Kier alpha value is -1.59. The molecule has 21 heavy (non-hydrogen) atoms. The third-order valence-electron chi connectivity index (χ3n) is 2.90. The summed E-state index contributed by atoms with van der Waals surface area (Å²) in [5, 5.41) is 0. The highest BCUT2D eigenvalue weighted by molar-refractivity contribution is 5.91. The van der Waals surface area contributed by atoms with Gasteiger partial charge < -0.3 is 14.2 Å². The van der Waals surface area contributed by atoms with Gasteiger partial charge in [0.05, 0.1) is 18.4 Å². The summed E-state index contributed by atoms with van der Waals surface area (Å²) in [7, 11) is 0. The van der Waals surface area contributed by atoms with Crippen LogP contribution in [0, 0.1) is 11.3 Å². The van der Waals surface area contributed by atoms with E-state index in [1.807, 2.05) is 13.8 Å². The summed E-state index contributed by atoms with van der Waals surface area (Å²) in [5.41, 5.74) is -1.52. The molecule has 0 aromatic rings. The van der Waals surface area contributed by atoms with E-state index in [9.17, 15) is 14.4 Å². The second-order valence-corrected chi connectivity index (χ2v) is 6.89. The third-order valence-corrected chi connectivity index (χ3v) is 2.90. The molecule has 0 unspecified atom stereocenters. The Kier molecular flexibility index (Phi) is 5.36. The number of hydrogen-bond acceptors (Lipinski definition) is 6. The van der Waals surface area contributed by atoms with Crippen LogP contribution in [0.1, 0.15) is 53.9 Å². The monoisotopic (exact) mass is 300 g/mol. The summed E-state index contributed by atoms with van der Waals surface area (Å²) >= 11 is 0. The number of carbonyl (C=O) groups is 3. The lowest BCUT2D eigenvalue weighted by atomic mass is 10.0. The topological polar surface area (TPSA) is 78.9 Å². The van der Waals surface area contributed by atoms with E-state index in [0.29, 0.717) is 12.8 Å². The number of carbonyl (C=O) groups excluding carboxylic acids is 3. The molecular weight excluding hydrogens is 276 g/mol. The third kappa shape index (κ3) is 6.14. The van der Waals surface area contributed by atoms with Crippen LogP contribution in [0.25, 0.3) is 0 Å². The molecule has 1 rings (SSSR count). The molecule has 0 radical (unpaired) electrons. The summed E-state index contributed by atoms with van der Waals surface area (Å²) < 4.78 is 14.6. The van der Waals surface area contributed by atoms with Crippen LogP contribution in [0.5, 0.6) is 0 Å². The van der Waals surface area contributed by atoms with E-state index in [-0.39, 0.29) is 18.9 Å². The van der Waals surface area contributed by atoms with Gasteiger partial charge in [0.15, 0.2) is 0 Å². The molecule has 0 aromatic carbocycles. The van der Waals surface area contributed by atoms with Crippen molar-refractivity contribution in [2.24, 2.45) is 11.3 Å². The molecule has 1 aliphatic rings. The fourth-order valence-corrected chi connectivity index (χ4v) is 1.71. The first-order chi connectivity index (χ1) is 9.54. The van der Waals surface area contributed by atoms with Crippen LogP contribution in [-0.2, 0) is 23.8 Å². The Balaban J connectivity index is 2.46.